The Morgan fingerprint density at radius 2 is 1.93 bits per heavy atom. The van der Waals surface area contributed by atoms with Gasteiger partial charge in [-0.2, -0.15) is 4.31 Å². The zero-order valence-electron chi connectivity index (χ0n) is 17.1. The number of sulfonamides is 1. The average Bonchev–Trinajstić information content (AvgIpc) is 2.68. The molecule has 1 heterocycles. The molecule has 1 aromatic carbocycles. The van der Waals surface area contributed by atoms with Crippen LogP contribution in [0.15, 0.2) is 29.2 Å². The molecule has 1 aliphatic heterocycles. The monoisotopic (exact) mass is 408 g/mol. The molecule has 0 spiro atoms. The maximum atomic E-state index is 12.9. The summed E-state index contributed by atoms with van der Waals surface area (Å²) in [5.41, 5.74) is 0.398. The van der Waals surface area contributed by atoms with Crippen molar-refractivity contribution in [1.82, 2.24) is 9.62 Å². The van der Waals surface area contributed by atoms with Gasteiger partial charge in [0.2, 0.25) is 10.0 Å². The minimum Gasteiger partial charge on any atom is -0.379 e. The van der Waals surface area contributed by atoms with Crippen molar-refractivity contribution < 1.29 is 17.9 Å². The third-order valence-corrected chi connectivity index (χ3v) is 7.94. The fourth-order valence-corrected chi connectivity index (χ4v) is 5.81. The van der Waals surface area contributed by atoms with Gasteiger partial charge >= 0.3 is 0 Å². The molecule has 0 aromatic heterocycles. The molecule has 7 heteroatoms. The van der Waals surface area contributed by atoms with Crippen molar-refractivity contribution >= 4 is 15.9 Å². The average molecular weight is 409 g/mol. The molecule has 3 unspecified atom stereocenters. The van der Waals surface area contributed by atoms with Gasteiger partial charge in [-0.3, -0.25) is 4.79 Å². The van der Waals surface area contributed by atoms with Gasteiger partial charge < -0.3 is 10.1 Å². The number of benzene rings is 1. The van der Waals surface area contributed by atoms with Crippen LogP contribution in [-0.2, 0) is 14.8 Å². The Morgan fingerprint density at radius 3 is 2.61 bits per heavy atom. The minimum atomic E-state index is -3.61. The van der Waals surface area contributed by atoms with E-state index in [1.165, 1.54) is 16.8 Å². The normalized spacial score (nSPS) is 26.9. The van der Waals surface area contributed by atoms with Crippen LogP contribution in [0.1, 0.15) is 50.4 Å². The second-order valence-corrected chi connectivity index (χ2v) is 10.4. The first-order chi connectivity index (χ1) is 13.3. The molecule has 1 amide bonds. The predicted octanol–water partition coefficient (Wildman–Crippen LogP) is 2.90. The Bertz CT molecular complexity index is 787. The molecular weight excluding hydrogens is 376 g/mol. The number of carbonyl (C=O) groups excluding carboxylic acids is 1. The first kappa shape index (κ1) is 21.3. The molecule has 1 N–H and O–H groups in total. The highest BCUT2D eigenvalue weighted by Gasteiger charge is 2.32. The van der Waals surface area contributed by atoms with E-state index in [1.807, 2.05) is 0 Å². The SMILES string of the molecule is CC1CCC(C(C)C)C(NC(=O)c2cccc(S(=O)(=O)N3CCOCC3)c2)C1. The summed E-state index contributed by atoms with van der Waals surface area (Å²) >= 11 is 0. The number of nitrogens with one attached hydrogen (secondary N) is 1. The highest BCUT2D eigenvalue weighted by Crippen LogP contribution is 2.33. The molecule has 1 aliphatic carbocycles. The van der Waals surface area contributed by atoms with E-state index >= 15 is 0 Å². The molecule has 1 saturated heterocycles. The van der Waals surface area contributed by atoms with Crippen molar-refractivity contribution in [2.45, 2.75) is 51.0 Å². The van der Waals surface area contributed by atoms with Gasteiger partial charge in [-0.15, -0.1) is 0 Å². The first-order valence-electron chi connectivity index (χ1n) is 10.3. The second-order valence-electron chi connectivity index (χ2n) is 8.45. The highest BCUT2D eigenvalue weighted by molar-refractivity contribution is 7.89. The fraction of sp³-hybridized carbons (Fsp3) is 0.667. The Kier molecular flexibility index (Phi) is 6.78. The number of hydrogen-bond donors (Lipinski definition) is 1. The van der Waals surface area contributed by atoms with E-state index in [-0.39, 0.29) is 16.8 Å². The Morgan fingerprint density at radius 1 is 1.21 bits per heavy atom. The van der Waals surface area contributed by atoms with Crippen LogP contribution >= 0.6 is 0 Å². The van der Waals surface area contributed by atoms with Gasteiger partial charge in [-0.25, -0.2) is 8.42 Å². The zero-order chi connectivity index (χ0) is 20.3. The van der Waals surface area contributed by atoms with Crippen molar-refractivity contribution in [3.8, 4) is 0 Å². The molecule has 1 aromatic rings. The van der Waals surface area contributed by atoms with Crippen LogP contribution in [0.25, 0.3) is 0 Å². The number of morpholine rings is 1. The lowest BCUT2D eigenvalue weighted by Gasteiger charge is -2.37. The van der Waals surface area contributed by atoms with Crippen molar-refractivity contribution in [3.05, 3.63) is 29.8 Å². The summed E-state index contributed by atoms with van der Waals surface area (Å²) in [5.74, 6) is 1.36. The first-order valence-corrected chi connectivity index (χ1v) is 11.7. The van der Waals surface area contributed by atoms with E-state index < -0.39 is 10.0 Å². The number of ether oxygens (including phenoxy) is 1. The van der Waals surface area contributed by atoms with Gasteiger partial charge in [-0.1, -0.05) is 33.3 Å². The molecule has 0 radical (unpaired) electrons. The maximum Gasteiger partial charge on any atom is 0.251 e. The molecule has 2 fully saturated rings. The van der Waals surface area contributed by atoms with E-state index in [9.17, 15) is 13.2 Å². The maximum absolute atomic E-state index is 12.9. The quantitative estimate of drug-likeness (QED) is 0.813. The fourth-order valence-electron chi connectivity index (χ4n) is 4.35. The van der Waals surface area contributed by atoms with Crippen molar-refractivity contribution in [1.29, 1.82) is 0 Å². The van der Waals surface area contributed by atoms with Gasteiger partial charge in [0, 0.05) is 24.7 Å². The minimum absolute atomic E-state index is 0.135. The lowest BCUT2D eigenvalue weighted by molar-refractivity contribution is 0.0730. The van der Waals surface area contributed by atoms with Crippen LogP contribution in [0.5, 0.6) is 0 Å². The summed E-state index contributed by atoms with van der Waals surface area (Å²) in [5, 5.41) is 3.19. The van der Waals surface area contributed by atoms with Crippen LogP contribution in [0, 0.1) is 17.8 Å². The summed E-state index contributed by atoms with van der Waals surface area (Å²) in [6, 6.07) is 6.52. The number of amides is 1. The van der Waals surface area contributed by atoms with Gasteiger partial charge in [0.25, 0.3) is 5.91 Å². The van der Waals surface area contributed by atoms with Crippen molar-refractivity contribution in [2.24, 2.45) is 17.8 Å². The summed E-state index contributed by atoms with van der Waals surface area (Å²) in [6.45, 7) is 8.12. The smallest absolute Gasteiger partial charge is 0.251 e. The van der Waals surface area contributed by atoms with Crippen LogP contribution < -0.4 is 5.32 Å². The molecule has 3 atom stereocenters. The molecule has 0 bridgehead atoms. The molecule has 156 valence electrons. The largest absolute Gasteiger partial charge is 0.379 e. The van der Waals surface area contributed by atoms with Crippen LogP contribution in [0.4, 0.5) is 0 Å². The van der Waals surface area contributed by atoms with Gasteiger partial charge in [0.1, 0.15) is 0 Å². The lowest BCUT2D eigenvalue weighted by Crippen LogP contribution is -2.45. The van der Waals surface area contributed by atoms with E-state index in [2.05, 4.69) is 26.1 Å². The van der Waals surface area contributed by atoms with Crippen LogP contribution in [0.2, 0.25) is 0 Å². The van der Waals surface area contributed by atoms with Gasteiger partial charge in [0.05, 0.1) is 18.1 Å². The third-order valence-electron chi connectivity index (χ3n) is 6.04. The summed E-state index contributed by atoms with van der Waals surface area (Å²) in [4.78, 5) is 13.1. The second kappa shape index (κ2) is 8.93. The summed E-state index contributed by atoms with van der Waals surface area (Å²) in [6.07, 6.45) is 3.29. The van der Waals surface area contributed by atoms with Gasteiger partial charge in [0.15, 0.2) is 0 Å². The summed E-state index contributed by atoms with van der Waals surface area (Å²) in [7, 11) is -3.61. The molecule has 28 heavy (non-hydrogen) atoms. The topological polar surface area (TPSA) is 75.7 Å². The van der Waals surface area contributed by atoms with E-state index in [0.29, 0.717) is 49.6 Å². The van der Waals surface area contributed by atoms with E-state index in [4.69, 9.17) is 4.74 Å². The van der Waals surface area contributed by atoms with Crippen LogP contribution in [0.3, 0.4) is 0 Å². The molecule has 1 saturated carbocycles. The Labute approximate surface area is 168 Å². The Hall–Kier alpha value is -1.44. The standard InChI is InChI=1S/C21H32N2O4S/c1-15(2)19-8-7-16(3)13-20(19)22-21(24)17-5-4-6-18(14-17)28(25,26)23-9-11-27-12-10-23/h4-6,14-16,19-20H,7-13H2,1-3H3,(H,22,24). The highest BCUT2D eigenvalue weighted by atomic mass is 32.2. The van der Waals surface area contributed by atoms with Gasteiger partial charge in [-0.05, 0) is 48.8 Å². The van der Waals surface area contributed by atoms with Crippen molar-refractivity contribution in [2.75, 3.05) is 26.3 Å². The number of hydrogen-bond acceptors (Lipinski definition) is 4. The van der Waals surface area contributed by atoms with E-state index in [1.54, 1.807) is 18.2 Å². The molecular formula is C21H32N2O4S. The third kappa shape index (κ3) is 4.75. The number of carbonyl (C=O) groups is 1. The lowest BCUT2D eigenvalue weighted by atomic mass is 9.74. The predicted molar refractivity (Wildman–Crippen MR) is 109 cm³/mol. The molecule has 6 nitrogen and oxygen atoms in total. The van der Waals surface area contributed by atoms with Crippen molar-refractivity contribution in [3.63, 3.8) is 0 Å². The number of rotatable bonds is 5. The number of nitrogens with zero attached hydrogens (tertiary/aromatic N) is 1. The Balaban J connectivity index is 1.76. The zero-order valence-corrected chi connectivity index (χ0v) is 17.9. The van der Waals surface area contributed by atoms with E-state index in [0.717, 1.165) is 12.8 Å². The van der Waals surface area contributed by atoms with Crippen LogP contribution in [-0.4, -0.2) is 51.0 Å². The molecule has 3 rings (SSSR count). The summed E-state index contributed by atoms with van der Waals surface area (Å²) < 4.78 is 32.4. The molecule has 2 aliphatic rings.